The zero-order chi connectivity index (χ0) is 11.3. The molecule has 0 unspecified atom stereocenters. The molecule has 1 rings (SSSR count). The van der Waals surface area contributed by atoms with Crippen LogP contribution < -0.4 is 5.32 Å². The van der Waals surface area contributed by atoms with Gasteiger partial charge in [0.1, 0.15) is 0 Å². The molecule has 0 fully saturated rings. The van der Waals surface area contributed by atoms with Crippen molar-refractivity contribution in [1.29, 1.82) is 0 Å². The highest BCUT2D eigenvalue weighted by atomic mass is 15.2. The maximum Gasteiger partial charge on any atom is 0.0629 e. The summed E-state index contributed by atoms with van der Waals surface area (Å²) in [6.45, 7) is 8.90. The number of nitrogens with one attached hydrogen (secondary N) is 1. The van der Waals surface area contributed by atoms with E-state index in [1.807, 2.05) is 17.9 Å². The van der Waals surface area contributed by atoms with Gasteiger partial charge in [0, 0.05) is 13.2 Å². The van der Waals surface area contributed by atoms with Gasteiger partial charge < -0.3 is 5.32 Å². The third-order valence-corrected chi connectivity index (χ3v) is 2.66. The average Bonchev–Trinajstić information content (AvgIpc) is 2.50. The summed E-state index contributed by atoms with van der Waals surface area (Å²) >= 11 is 0. The number of hydrogen-bond donors (Lipinski definition) is 1. The minimum Gasteiger partial charge on any atom is -0.317 e. The molecule has 15 heavy (non-hydrogen) atoms. The summed E-state index contributed by atoms with van der Waals surface area (Å²) in [5.41, 5.74) is 1.52. The Balaban J connectivity index is 2.41. The normalized spacial score (nSPS) is 12.0. The van der Waals surface area contributed by atoms with Gasteiger partial charge in [0.2, 0.25) is 0 Å². The van der Waals surface area contributed by atoms with Crippen molar-refractivity contribution in [3.63, 3.8) is 0 Å². The Bertz CT molecular complexity index is 289. The van der Waals surface area contributed by atoms with E-state index in [9.17, 15) is 0 Å². The summed E-state index contributed by atoms with van der Waals surface area (Å²) in [4.78, 5) is 0. The van der Waals surface area contributed by atoms with Crippen molar-refractivity contribution in [3.05, 3.63) is 18.0 Å². The third-order valence-electron chi connectivity index (χ3n) is 2.66. The van der Waals surface area contributed by atoms with Crippen LogP contribution in [0.2, 0.25) is 0 Å². The van der Waals surface area contributed by atoms with Crippen molar-refractivity contribution in [2.75, 3.05) is 13.1 Å². The number of aryl methyl sites for hydroxylation is 1. The Morgan fingerprint density at radius 1 is 1.47 bits per heavy atom. The number of rotatable bonds is 6. The molecule has 3 nitrogen and oxygen atoms in total. The van der Waals surface area contributed by atoms with E-state index >= 15 is 0 Å². The van der Waals surface area contributed by atoms with Crippen molar-refractivity contribution >= 4 is 0 Å². The largest absolute Gasteiger partial charge is 0.317 e. The predicted octanol–water partition coefficient (Wildman–Crippen LogP) is 1.99. The van der Waals surface area contributed by atoms with E-state index in [0.29, 0.717) is 5.41 Å². The molecule has 86 valence electrons. The lowest BCUT2D eigenvalue weighted by Gasteiger charge is -2.23. The van der Waals surface area contributed by atoms with E-state index in [4.69, 9.17) is 0 Å². The molecule has 0 aliphatic carbocycles. The van der Waals surface area contributed by atoms with Crippen LogP contribution in [-0.4, -0.2) is 22.9 Å². The summed E-state index contributed by atoms with van der Waals surface area (Å²) < 4.78 is 1.87. The lowest BCUT2D eigenvalue weighted by atomic mass is 9.84. The monoisotopic (exact) mass is 209 g/mol. The number of hydrogen-bond acceptors (Lipinski definition) is 2. The molecular weight excluding hydrogens is 186 g/mol. The van der Waals surface area contributed by atoms with Crippen molar-refractivity contribution in [2.45, 2.75) is 33.6 Å². The highest BCUT2D eigenvalue weighted by Gasteiger charge is 2.19. The first-order valence-corrected chi connectivity index (χ1v) is 5.73. The van der Waals surface area contributed by atoms with Crippen LogP contribution in [0.25, 0.3) is 0 Å². The maximum absolute atomic E-state index is 4.42. The van der Waals surface area contributed by atoms with Gasteiger partial charge >= 0.3 is 0 Å². The van der Waals surface area contributed by atoms with Crippen molar-refractivity contribution in [2.24, 2.45) is 12.5 Å². The standard InChI is InChI=1S/C12H23N3/c1-5-13-8-7-12(2,3)10-11-6-9-15(4)14-11/h6,9,13H,5,7-8,10H2,1-4H3. The second kappa shape index (κ2) is 5.31. The van der Waals surface area contributed by atoms with Gasteiger partial charge in [-0.25, -0.2) is 0 Å². The molecule has 0 aliphatic rings. The molecule has 0 bridgehead atoms. The zero-order valence-corrected chi connectivity index (χ0v) is 10.4. The second-order valence-corrected chi connectivity index (χ2v) is 4.93. The van der Waals surface area contributed by atoms with Gasteiger partial charge in [-0.2, -0.15) is 5.10 Å². The summed E-state index contributed by atoms with van der Waals surface area (Å²) in [5.74, 6) is 0. The van der Waals surface area contributed by atoms with Gasteiger partial charge in [0.25, 0.3) is 0 Å². The van der Waals surface area contributed by atoms with Crippen LogP contribution in [0.3, 0.4) is 0 Å². The van der Waals surface area contributed by atoms with Crippen LogP contribution in [0.1, 0.15) is 32.9 Å². The first-order valence-electron chi connectivity index (χ1n) is 5.73. The van der Waals surface area contributed by atoms with Crippen LogP contribution in [0.5, 0.6) is 0 Å². The molecule has 3 heteroatoms. The SMILES string of the molecule is CCNCCC(C)(C)Cc1ccn(C)n1. The van der Waals surface area contributed by atoms with Gasteiger partial charge in [0.15, 0.2) is 0 Å². The molecule has 0 aromatic carbocycles. The van der Waals surface area contributed by atoms with Crippen LogP contribution in [0.4, 0.5) is 0 Å². The van der Waals surface area contributed by atoms with E-state index in [1.165, 1.54) is 12.1 Å². The highest BCUT2D eigenvalue weighted by Crippen LogP contribution is 2.24. The topological polar surface area (TPSA) is 29.9 Å². The van der Waals surface area contributed by atoms with Gasteiger partial charge in [-0.05, 0) is 37.4 Å². The van der Waals surface area contributed by atoms with Crippen LogP contribution in [-0.2, 0) is 13.5 Å². The maximum atomic E-state index is 4.42. The fourth-order valence-corrected chi connectivity index (χ4v) is 1.74. The van der Waals surface area contributed by atoms with Crippen LogP contribution >= 0.6 is 0 Å². The van der Waals surface area contributed by atoms with E-state index < -0.39 is 0 Å². The number of nitrogens with zero attached hydrogens (tertiary/aromatic N) is 2. The van der Waals surface area contributed by atoms with Gasteiger partial charge in [-0.3, -0.25) is 4.68 Å². The minimum atomic E-state index is 0.330. The lowest BCUT2D eigenvalue weighted by Crippen LogP contribution is -2.24. The molecule has 1 aromatic heterocycles. The van der Waals surface area contributed by atoms with E-state index in [1.54, 1.807) is 0 Å². The molecule has 0 aliphatic heterocycles. The van der Waals surface area contributed by atoms with Crippen LogP contribution in [0, 0.1) is 5.41 Å². The molecule has 0 saturated carbocycles. The molecular formula is C12H23N3. The van der Waals surface area contributed by atoms with E-state index in [2.05, 4.69) is 37.3 Å². The third kappa shape index (κ3) is 4.47. The Morgan fingerprint density at radius 3 is 2.73 bits per heavy atom. The first-order chi connectivity index (χ1) is 7.03. The van der Waals surface area contributed by atoms with Gasteiger partial charge in [-0.15, -0.1) is 0 Å². The van der Waals surface area contributed by atoms with Gasteiger partial charge in [-0.1, -0.05) is 20.8 Å². The lowest BCUT2D eigenvalue weighted by molar-refractivity contribution is 0.323. The zero-order valence-electron chi connectivity index (χ0n) is 10.4. The molecule has 0 spiro atoms. The average molecular weight is 209 g/mol. The summed E-state index contributed by atoms with van der Waals surface area (Å²) in [5, 5.41) is 7.79. The first kappa shape index (κ1) is 12.2. The molecule has 0 amide bonds. The van der Waals surface area contributed by atoms with Gasteiger partial charge in [0.05, 0.1) is 5.69 Å². The second-order valence-electron chi connectivity index (χ2n) is 4.93. The summed E-state index contributed by atoms with van der Waals surface area (Å²) in [6.07, 6.45) is 4.26. The Morgan fingerprint density at radius 2 is 2.20 bits per heavy atom. The Labute approximate surface area is 92.9 Å². The van der Waals surface area contributed by atoms with Crippen molar-refractivity contribution < 1.29 is 0 Å². The predicted molar refractivity (Wildman–Crippen MR) is 63.9 cm³/mol. The molecule has 1 heterocycles. The van der Waals surface area contributed by atoms with E-state index in [0.717, 1.165) is 19.5 Å². The Hall–Kier alpha value is -0.830. The summed E-state index contributed by atoms with van der Waals surface area (Å²) in [7, 11) is 1.97. The highest BCUT2D eigenvalue weighted by molar-refractivity contribution is 5.01. The Kier molecular flexibility index (Phi) is 4.33. The molecule has 0 atom stereocenters. The molecule has 0 radical (unpaired) electrons. The summed E-state index contributed by atoms with van der Waals surface area (Å²) in [6, 6.07) is 2.11. The fourth-order valence-electron chi connectivity index (χ4n) is 1.74. The van der Waals surface area contributed by atoms with Crippen molar-refractivity contribution in [1.82, 2.24) is 15.1 Å². The van der Waals surface area contributed by atoms with Crippen LogP contribution in [0.15, 0.2) is 12.3 Å². The molecule has 1 N–H and O–H groups in total. The smallest absolute Gasteiger partial charge is 0.0629 e. The molecule has 1 aromatic rings. The molecule has 0 saturated heterocycles. The fraction of sp³-hybridized carbons (Fsp3) is 0.750. The quantitative estimate of drug-likeness (QED) is 0.726. The van der Waals surface area contributed by atoms with Crippen molar-refractivity contribution in [3.8, 4) is 0 Å². The minimum absolute atomic E-state index is 0.330. The number of aromatic nitrogens is 2. The van der Waals surface area contributed by atoms with E-state index in [-0.39, 0.29) is 0 Å².